The summed E-state index contributed by atoms with van der Waals surface area (Å²) in [6.07, 6.45) is 0. The van der Waals surface area contributed by atoms with Gasteiger partial charge in [0.25, 0.3) is 5.89 Å². The van der Waals surface area contributed by atoms with E-state index in [1.54, 1.807) is 18.4 Å². The summed E-state index contributed by atoms with van der Waals surface area (Å²) >= 11 is 1.56. The van der Waals surface area contributed by atoms with Crippen LogP contribution >= 0.6 is 11.3 Å². The summed E-state index contributed by atoms with van der Waals surface area (Å²) in [5.74, 6) is 1.09. The van der Waals surface area contributed by atoms with Crippen molar-refractivity contribution in [2.75, 3.05) is 20.3 Å². The van der Waals surface area contributed by atoms with Crippen LogP contribution in [0.1, 0.15) is 17.0 Å². The molecule has 0 aliphatic heterocycles. The molecular formula is C18H18N4O2S. The van der Waals surface area contributed by atoms with Gasteiger partial charge in [-0.2, -0.15) is 5.26 Å². The molecule has 7 heteroatoms. The number of benzene rings is 1. The molecule has 3 aromatic rings. The predicted octanol–water partition coefficient (Wildman–Crippen LogP) is 3.32. The average molecular weight is 354 g/mol. The lowest BCUT2D eigenvalue weighted by atomic mass is 10.1. The summed E-state index contributed by atoms with van der Waals surface area (Å²) in [5, 5.41) is 19.5. The van der Waals surface area contributed by atoms with Crippen LogP contribution < -0.4 is 0 Å². The molecule has 6 nitrogen and oxygen atoms in total. The number of hydrogen-bond donors (Lipinski definition) is 0. The van der Waals surface area contributed by atoms with E-state index in [1.165, 1.54) is 0 Å². The minimum Gasteiger partial charge on any atom is -0.419 e. The zero-order valence-corrected chi connectivity index (χ0v) is 14.7. The van der Waals surface area contributed by atoms with E-state index in [0.717, 1.165) is 10.4 Å². The van der Waals surface area contributed by atoms with Crippen LogP contribution in [0.5, 0.6) is 0 Å². The van der Waals surface area contributed by atoms with E-state index in [9.17, 15) is 5.26 Å². The number of nitriles is 1. The van der Waals surface area contributed by atoms with Crippen molar-refractivity contribution in [1.29, 1.82) is 5.26 Å². The first-order valence-corrected chi connectivity index (χ1v) is 8.73. The summed E-state index contributed by atoms with van der Waals surface area (Å²) in [7, 11) is 1.67. The largest absolute Gasteiger partial charge is 0.419 e. The maximum Gasteiger partial charge on any atom is 0.257 e. The molecule has 2 aromatic heterocycles. The van der Waals surface area contributed by atoms with Crippen LogP contribution in [0.3, 0.4) is 0 Å². The molecule has 0 bridgehead atoms. The number of hydrogen-bond acceptors (Lipinski definition) is 7. The van der Waals surface area contributed by atoms with Crippen LogP contribution in [0.2, 0.25) is 0 Å². The number of aromatic nitrogens is 2. The molecule has 0 unspecified atom stereocenters. The number of thiophene rings is 1. The van der Waals surface area contributed by atoms with Crippen molar-refractivity contribution in [2.24, 2.45) is 0 Å². The van der Waals surface area contributed by atoms with Gasteiger partial charge in [0.1, 0.15) is 0 Å². The first-order chi connectivity index (χ1) is 12.3. The maximum atomic E-state index is 9.27. The minimum absolute atomic E-state index is 0.501. The van der Waals surface area contributed by atoms with Crippen molar-refractivity contribution >= 4 is 11.3 Å². The molecule has 0 fully saturated rings. The van der Waals surface area contributed by atoms with E-state index in [-0.39, 0.29) is 0 Å². The van der Waals surface area contributed by atoms with Gasteiger partial charge in [-0.25, -0.2) is 0 Å². The van der Waals surface area contributed by atoms with Gasteiger partial charge in [0.15, 0.2) is 0 Å². The highest BCUT2D eigenvalue weighted by Crippen LogP contribution is 2.23. The molecule has 0 atom stereocenters. The molecule has 0 saturated carbocycles. The molecule has 0 N–H and O–H groups in total. The second-order valence-corrected chi connectivity index (χ2v) is 6.40. The molecular weight excluding hydrogens is 336 g/mol. The Morgan fingerprint density at radius 3 is 2.84 bits per heavy atom. The minimum atomic E-state index is 0.501. The fourth-order valence-corrected chi connectivity index (χ4v) is 3.10. The van der Waals surface area contributed by atoms with Gasteiger partial charge in [-0.05, 0) is 23.1 Å². The van der Waals surface area contributed by atoms with Gasteiger partial charge < -0.3 is 9.15 Å². The number of nitrogens with zero attached hydrogens (tertiary/aromatic N) is 4. The van der Waals surface area contributed by atoms with E-state index < -0.39 is 0 Å². The number of ether oxygens (including phenoxy) is 1. The van der Waals surface area contributed by atoms with Gasteiger partial charge in [-0.1, -0.05) is 24.3 Å². The molecule has 2 heterocycles. The second kappa shape index (κ2) is 8.53. The topological polar surface area (TPSA) is 75.2 Å². The molecule has 0 aliphatic carbocycles. The first kappa shape index (κ1) is 17.3. The van der Waals surface area contributed by atoms with Crippen LogP contribution in [0, 0.1) is 11.3 Å². The summed E-state index contributed by atoms with van der Waals surface area (Å²) in [4.78, 5) is 3.09. The molecule has 3 rings (SSSR count). The van der Waals surface area contributed by atoms with E-state index >= 15 is 0 Å². The average Bonchev–Trinajstić information content (AvgIpc) is 3.31. The van der Waals surface area contributed by atoms with Crippen molar-refractivity contribution in [3.05, 3.63) is 58.8 Å². The molecule has 25 heavy (non-hydrogen) atoms. The van der Waals surface area contributed by atoms with Gasteiger partial charge in [0.2, 0.25) is 5.89 Å². The Labute approximate surface area is 150 Å². The highest BCUT2D eigenvalue weighted by molar-refractivity contribution is 7.13. The van der Waals surface area contributed by atoms with Crippen molar-refractivity contribution in [3.8, 4) is 16.8 Å². The summed E-state index contributed by atoms with van der Waals surface area (Å²) in [6, 6.07) is 13.7. The lowest BCUT2D eigenvalue weighted by molar-refractivity contribution is 0.134. The Morgan fingerprint density at radius 1 is 1.20 bits per heavy atom. The van der Waals surface area contributed by atoms with Gasteiger partial charge in [-0.3, -0.25) is 4.90 Å². The molecule has 0 spiro atoms. The van der Waals surface area contributed by atoms with Crippen LogP contribution in [0.15, 0.2) is 46.2 Å². The lowest BCUT2D eigenvalue weighted by Crippen LogP contribution is -2.27. The van der Waals surface area contributed by atoms with Crippen LogP contribution in [0.4, 0.5) is 0 Å². The quantitative estimate of drug-likeness (QED) is 0.618. The molecule has 0 aliphatic rings. The van der Waals surface area contributed by atoms with Crippen LogP contribution in [-0.4, -0.2) is 35.4 Å². The fraction of sp³-hybridized carbons (Fsp3) is 0.278. The van der Waals surface area contributed by atoms with Crippen molar-refractivity contribution in [1.82, 2.24) is 15.1 Å². The van der Waals surface area contributed by atoms with Gasteiger partial charge >= 0.3 is 0 Å². The number of rotatable bonds is 8. The zero-order valence-electron chi connectivity index (χ0n) is 13.9. The van der Waals surface area contributed by atoms with Gasteiger partial charge in [-0.15, -0.1) is 21.5 Å². The fourth-order valence-electron chi connectivity index (χ4n) is 2.45. The number of methoxy groups -OCH3 is 1. The Balaban J connectivity index is 1.74. The molecule has 0 radical (unpaired) electrons. The van der Waals surface area contributed by atoms with Crippen LogP contribution in [-0.2, 0) is 17.8 Å². The van der Waals surface area contributed by atoms with Crippen molar-refractivity contribution in [3.63, 3.8) is 0 Å². The van der Waals surface area contributed by atoms with E-state index in [2.05, 4.69) is 21.2 Å². The van der Waals surface area contributed by atoms with E-state index in [4.69, 9.17) is 9.15 Å². The maximum absolute atomic E-state index is 9.27. The Kier molecular flexibility index (Phi) is 5.90. The summed E-state index contributed by atoms with van der Waals surface area (Å²) < 4.78 is 11.0. The third-order valence-corrected chi connectivity index (χ3v) is 4.56. The third-order valence-electron chi connectivity index (χ3n) is 3.70. The normalized spacial score (nSPS) is 10.9. The second-order valence-electron chi connectivity index (χ2n) is 5.45. The van der Waals surface area contributed by atoms with Gasteiger partial charge in [0.05, 0.1) is 29.7 Å². The van der Waals surface area contributed by atoms with E-state index in [1.807, 2.05) is 41.8 Å². The van der Waals surface area contributed by atoms with E-state index in [0.29, 0.717) is 43.6 Å². The van der Waals surface area contributed by atoms with Crippen LogP contribution in [0.25, 0.3) is 10.8 Å². The lowest BCUT2D eigenvalue weighted by Gasteiger charge is -2.20. The first-order valence-electron chi connectivity index (χ1n) is 7.85. The molecule has 128 valence electrons. The Morgan fingerprint density at radius 2 is 2.08 bits per heavy atom. The predicted molar refractivity (Wildman–Crippen MR) is 94.8 cm³/mol. The van der Waals surface area contributed by atoms with Crippen molar-refractivity contribution < 1.29 is 9.15 Å². The Hall–Kier alpha value is -2.53. The molecule has 0 saturated heterocycles. The monoisotopic (exact) mass is 354 g/mol. The molecule has 0 amide bonds. The summed E-state index contributed by atoms with van der Waals surface area (Å²) in [5.41, 5.74) is 1.65. The smallest absolute Gasteiger partial charge is 0.257 e. The Bertz CT molecular complexity index is 839. The van der Waals surface area contributed by atoms with Gasteiger partial charge in [0, 0.05) is 20.2 Å². The molecule has 1 aromatic carbocycles. The SMILES string of the molecule is COCCN(Cc1nnc(-c2cccs2)o1)Cc1ccccc1C#N. The standard InChI is InChI=1S/C18H18N4O2S/c1-23-9-8-22(12-15-6-3-2-5-14(15)11-19)13-17-20-21-18(24-17)16-7-4-10-25-16/h2-7,10H,8-9,12-13H2,1H3. The highest BCUT2D eigenvalue weighted by Gasteiger charge is 2.15. The zero-order chi connectivity index (χ0) is 17.5. The highest BCUT2D eigenvalue weighted by atomic mass is 32.1. The van der Waals surface area contributed by atoms with Crippen molar-refractivity contribution in [2.45, 2.75) is 13.1 Å². The third kappa shape index (κ3) is 4.51. The summed E-state index contributed by atoms with van der Waals surface area (Å²) in [6.45, 7) is 2.40.